The van der Waals surface area contributed by atoms with Crippen LogP contribution in [0.4, 0.5) is 4.79 Å². The molecule has 1 aliphatic rings. The number of pyridine rings is 1. The van der Waals surface area contributed by atoms with E-state index in [1.807, 2.05) is 13.1 Å². The largest absolute Gasteiger partial charge is 0.511 e. The fourth-order valence-electron chi connectivity index (χ4n) is 4.40. The number of hydrogen-bond donors (Lipinski definition) is 4. The molecular weight excluding hydrogens is 414 g/mol. The Morgan fingerprint density at radius 3 is 2.81 bits per heavy atom. The molecule has 1 atom stereocenters. The quantitative estimate of drug-likeness (QED) is 0.433. The molecule has 0 amide bonds. The van der Waals surface area contributed by atoms with Crippen LogP contribution in [0.15, 0.2) is 23.0 Å². The second-order valence-electron chi connectivity index (χ2n) is 8.21. The van der Waals surface area contributed by atoms with Crippen LogP contribution in [0.1, 0.15) is 30.2 Å². The molecule has 2 heterocycles. The van der Waals surface area contributed by atoms with E-state index in [0.717, 1.165) is 40.6 Å². The van der Waals surface area contributed by atoms with Crippen molar-refractivity contribution in [2.75, 3.05) is 13.7 Å². The van der Waals surface area contributed by atoms with E-state index in [4.69, 9.17) is 9.84 Å². The van der Waals surface area contributed by atoms with E-state index < -0.39 is 23.2 Å². The lowest BCUT2D eigenvalue weighted by Gasteiger charge is -2.14. The summed E-state index contributed by atoms with van der Waals surface area (Å²) in [4.78, 5) is 26.1. The number of hydrogen-bond acceptors (Lipinski definition) is 6. The molecule has 9 heteroatoms. The molecule has 9 nitrogen and oxygen atoms in total. The number of fused-ring (bicyclic) bond motifs is 4. The van der Waals surface area contributed by atoms with Gasteiger partial charge in [0.05, 0.1) is 12.3 Å². The first-order valence-electron chi connectivity index (χ1n) is 10.5. The third-order valence-corrected chi connectivity index (χ3v) is 5.99. The predicted molar refractivity (Wildman–Crippen MR) is 119 cm³/mol. The van der Waals surface area contributed by atoms with Gasteiger partial charge in [0.1, 0.15) is 0 Å². The maximum absolute atomic E-state index is 12.5. The van der Waals surface area contributed by atoms with Crippen LogP contribution in [-0.2, 0) is 31.2 Å². The molecule has 3 aromatic rings. The van der Waals surface area contributed by atoms with E-state index in [0.29, 0.717) is 30.8 Å². The van der Waals surface area contributed by atoms with E-state index in [-0.39, 0.29) is 6.04 Å². The summed E-state index contributed by atoms with van der Waals surface area (Å²) >= 11 is 0. The Bertz CT molecular complexity index is 1240. The first-order chi connectivity index (χ1) is 15.3. The smallest absolute Gasteiger partial charge is 0.504 e. The van der Waals surface area contributed by atoms with Crippen LogP contribution < -0.4 is 15.6 Å². The van der Waals surface area contributed by atoms with E-state index in [2.05, 4.69) is 38.7 Å². The molecule has 0 fully saturated rings. The van der Waals surface area contributed by atoms with Crippen LogP contribution in [0.2, 0.25) is 0 Å². The molecular formula is C23H27N3O6. The topological polar surface area (TPSA) is 126 Å². The standard InChI is InChI=1S/C23H27N3O6/c1-12(11-31-3)24-10-15-7-14-8-17-13(9-18(14)26(15)2)5-4-6-16-19(17)25-22(28)21(20(16)27)32-23(29)30/h7-9,12,24H,4-6,10-11H2,1-3H3,(H,29,30)(H2,25,27,28). The summed E-state index contributed by atoms with van der Waals surface area (Å²) in [5.41, 5.74) is 4.32. The SMILES string of the molecule is COCC(C)NCc1cc2cc3c(cc2n1C)CCCc1c-3[nH]c(=O)c(OC(=O)O)c1O. The number of carbonyl (C=O) groups is 1. The highest BCUT2D eigenvalue weighted by Gasteiger charge is 2.25. The van der Waals surface area contributed by atoms with Crippen LogP contribution in [-0.4, -0.2) is 45.7 Å². The molecule has 4 rings (SSSR count). The summed E-state index contributed by atoms with van der Waals surface area (Å²) in [6.07, 6.45) is 0.350. The monoisotopic (exact) mass is 441 g/mol. The van der Waals surface area contributed by atoms with E-state index in [9.17, 15) is 14.7 Å². The third-order valence-electron chi connectivity index (χ3n) is 5.99. The van der Waals surface area contributed by atoms with Crippen LogP contribution in [0.25, 0.3) is 22.2 Å². The molecule has 32 heavy (non-hydrogen) atoms. The Morgan fingerprint density at radius 1 is 1.31 bits per heavy atom. The highest BCUT2D eigenvalue weighted by atomic mass is 16.7. The lowest BCUT2D eigenvalue weighted by Crippen LogP contribution is -2.30. The van der Waals surface area contributed by atoms with Gasteiger partial charge in [-0.2, -0.15) is 0 Å². The molecule has 0 bridgehead atoms. The normalized spacial score (nSPS) is 14.0. The molecule has 1 aliphatic carbocycles. The number of nitrogens with one attached hydrogen (secondary N) is 2. The highest BCUT2D eigenvalue weighted by Crippen LogP contribution is 2.40. The van der Waals surface area contributed by atoms with Crippen molar-refractivity contribution >= 4 is 17.1 Å². The minimum atomic E-state index is -1.65. The number of H-pyrrole nitrogens is 1. The molecule has 0 radical (unpaired) electrons. The number of rotatable bonds is 6. The number of aromatic amines is 1. The second-order valence-corrected chi connectivity index (χ2v) is 8.21. The van der Waals surface area contributed by atoms with Crippen molar-refractivity contribution in [2.24, 2.45) is 7.05 Å². The maximum atomic E-state index is 12.5. The van der Waals surface area contributed by atoms with Crippen molar-refractivity contribution in [3.63, 3.8) is 0 Å². The lowest BCUT2D eigenvalue weighted by molar-refractivity contribution is 0.142. The van der Waals surface area contributed by atoms with Crippen molar-refractivity contribution in [3.8, 4) is 22.8 Å². The minimum absolute atomic E-state index is 0.219. The number of nitrogens with zero attached hydrogens (tertiary/aromatic N) is 1. The van der Waals surface area contributed by atoms with Gasteiger partial charge in [-0.1, -0.05) is 0 Å². The van der Waals surface area contributed by atoms with Crippen molar-refractivity contribution < 1.29 is 24.5 Å². The second kappa shape index (κ2) is 8.68. The fraction of sp³-hybridized carbons (Fsp3) is 0.391. The van der Waals surface area contributed by atoms with Crippen molar-refractivity contribution in [1.29, 1.82) is 0 Å². The zero-order chi connectivity index (χ0) is 23.0. The Labute approximate surface area is 184 Å². The predicted octanol–water partition coefficient (Wildman–Crippen LogP) is 2.91. The number of aryl methyl sites for hydroxylation is 2. The molecule has 1 unspecified atom stereocenters. The molecule has 1 aromatic carbocycles. The molecule has 4 N–H and O–H groups in total. The van der Waals surface area contributed by atoms with Crippen LogP contribution in [0.3, 0.4) is 0 Å². The van der Waals surface area contributed by atoms with Gasteiger partial charge in [-0.05, 0) is 49.9 Å². The summed E-state index contributed by atoms with van der Waals surface area (Å²) in [6, 6.07) is 6.46. The Kier molecular flexibility index (Phi) is 5.94. The number of methoxy groups -OCH3 is 1. The van der Waals surface area contributed by atoms with Gasteiger partial charge in [-0.15, -0.1) is 0 Å². The maximum Gasteiger partial charge on any atom is 0.511 e. The van der Waals surface area contributed by atoms with Crippen molar-refractivity contribution in [2.45, 2.75) is 38.8 Å². The lowest BCUT2D eigenvalue weighted by atomic mass is 9.99. The Morgan fingerprint density at radius 2 is 2.09 bits per heavy atom. The Hall–Kier alpha value is -3.30. The highest BCUT2D eigenvalue weighted by molar-refractivity contribution is 5.89. The fourth-order valence-corrected chi connectivity index (χ4v) is 4.40. The molecule has 0 saturated carbocycles. The summed E-state index contributed by atoms with van der Waals surface area (Å²) in [5.74, 6) is -0.997. The summed E-state index contributed by atoms with van der Waals surface area (Å²) in [7, 11) is 3.71. The number of ether oxygens (including phenoxy) is 2. The molecule has 2 aromatic heterocycles. The van der Waals surface area contributed by atoms with Crippen LogP contribution in [0, 0.1) is 0 Å². The van der Waals surface area contributed by atoms with Crippen molar-refractivity contribution in [3.05, 3.63) is 45.4 Å². The van der Waals surface area contributed by atoms with Gasteiger partial charge in [0, 0.05) is 54.5 Å². The van der Waals surface area contributed by atoms with Gasteiger partial charge < -0.3 is 34.6 Å². The average molecular weight is 441 g/mol. The number of carboxylic acid groups (broad SMARTS) is 1. The summed E-state index contributed by atoms with van der Waals surface area (Å²) in [5, 5.41) is 24.0. The third kappa shape index (κ3) is 3.96. The molecule has 0 saturated heterocycles. The molecule has 0 aliphatic heterocycles. The first kappa shape index (κ1) is 21.9. The van der Waals surface area contributed by atoms with Gasteiger partial charge in [0.25, 0.3) is 5.56 Å². The first-order valence-corrected chi connectivity index (χ1v) is 10.5. The van der Waals surface area contributed by atoms with Crippen molar-refractivity contribution in [1.82, 2.24) is 14.9 Å². The minimum Gasteiger partial charge on any atom is -0.504 e. The van der Waals surface area contributed by atoms with Gasteiger partial charge in [0.15, 0.2) is 5.75 Å². The molecule has 170 valence electrons. The number of aromatic nitrogens is 2. The van der Waals surface area contributed by atoms with Gasteiger partial charge in [0.2, 0.25) is 5.75 Å². The zero-order valence-electron chi connectivity index (χ0n) is 18.3. The van der Waals surface area contributed by atoms with Crippen LogP contribution >= 0.6 is 0 Å². The number of aromatic hydroxyl groups is 1. The average Bonchev–Trinajstić information content (AvgIpc) is 2.93. The van der Waals surface area contributed by atoms with Gasteiger partial charge >= 0.3 is 6.16 Å². The zero-order valence-corrected chi connectivity index (χ0v) is 18.3. The van der Waals surface area contributed by atoms with Gasteiger partial charge in [-0.25, -0.2) is 4.79 Å². The van der Waals surface area contributed by atoms with Gasteiger partial charge in [-0.3, -0.25) is 4.79 Å². The number of benzene rings is 1. The van der Waals surface area contributed by atoms with Crippen LogP contribution in [0.5, 0.6) is 11.5 Å². The van der Waals surface area contributed by atoms with E-state index >= 15 is 0 Å². The summed E-state index contributed by atoms with van der Waals surface area (Å²) < 4.78 is 11.9. The summed E-state index contributed by atoms with van der Waals surface area (Å²) in [6.45, 7) is 3.38. The Balaban J connectivity index is 1.79. The molecule has 0 spiro atoms. The van der Waals surface area contributed by atoms with E-state index in [1.165, 1.54) is 0 Å². The van der Waals surface area contributed by atoms with E-state index in [1.54, 1.807) is 7.11 Å².